The topological polar surface area (TPSA) is 63.2 Å². The molecule has 0 aliphatic carbocycles. The van der Waals surface area contributed by atoms with Crippen LogP contribution in [0.4, 0.5) is 5.95 Å². The minimum atomic E-state index is 0.158. The number of halogens is 1. The molecule has 18 heavy (non-hydrogen) atoms. The molecule has 2 atom stereocenters. The second-order valence-electron chi connectivity index (χ2n) is 4.70. The number of nitrogens with one attached hydrogen (secondary N) is 1. The Hall–Kier alpha value is -1.14. The van der Waals surface area contributed by atoms with E-state index in [-0.39, 0.29) is 11.3 Å². The summed E-state index contributed by atoms with van der Waals surface area (Å²) in [5, 5.41) is 3.52. The molecule has 2 unspecified atom stereocenters. The number of hydrogen-bond donors (Lipinski definition) is 1. The molecule has 0 aromatic carbocycles. The normalized spacial score (nSPS) is 27.2. The summed E-state index contributed by atoms with van der Waals surface area (Å²) in [6.07, 6.45) is 3.65. The van der Waals surface area contributed by atoms with Crippen molar-refractivity contribution in [2.24, 2.45) is 0 Å². The highest BCUT2D eigenvalue weighted by Crippen LogP contribution is 2.29. The van der Waals surface area contributed by atoms with Gasteiger partial charge in [-0.05, 0) is 37.4 Å². The smallest absolute Gasteiger partial charge is 0.322 e. The van der Waals surface area contributed by atoms with Crippen LogP contribution in [-0.4, -0.2) is 52.1 Å². The molecule has 1 aromatic rings. The molecule has 3 rings (SSSR count). The summed E-state index contributed by atoms with van der Waals surface area (Å²) in [5.74, 6) is 0.505. The van der Waals surface area contributed by atoms with Crippen molar-refractivity contribution in [2.45, 2.75) is 31.3 Å². The quantitative estimate of drug-likeness (QED) is 0.889. The molecule has 2 saturated heterocycles. The molecule has 0 bridgehead atoms. The van der Waals surface area contributed by atoms with Crippen LogP contribution in [0.3, 0.4) is 0 Å². The van der Waals surface area contributed by atoms with Crippen molar-refractivity contribution in [3.8, 4) is 6.01 Å². The van der Waals surface area contributed by atoms with Crippen LogP contribution >= 0.6 is 11.6 Å². The van der Waals surface area contributed by atoms with E-state index in [1.54, 1.807) is 0 Å². The summed E-state index contributed by atoms with van der Waals surface area (Å²) in [6.45, 7) is 2.36. The van der Waals surface area contributed by atoms with Gasteiger partial charge >= 0.3 is 6.01 Å². The van der Waals surface area contributed by atoms with E-state index in [1.165, 1.54) is 26.5 Å². The summed E-state index contributed by atoms with van der Waals surface area (Å²) < 4.78 is 4.99. The first-order valence-corrected chi connectivity index (χ1v) is 6.60. The third-order valence-electron chi connectivity index (χ3n) is 3.69. The first-order chi connectivity index (χ1) is 8.76. The van der Waals surface area contributed by atoms with Gasteiger partial charge in [-0.2, -0.15) is 15.0 Å². The molecule has 6 nitrogen and oxygen atoms in total. The Morgan fingerprint density at radius 2 is 2.17 bits per heavy atom. The van der Waals surface area contributed by atoms with Crippen molar-refractivity contribution in [1.29, 1.82) is 0 Å². The lowest BCUT2D eigenvalue weighted by molar-refractivity contribution is 0.318. The third kappa shape index (κ3) is 2.22. The van der Waals surface area contributed by atoms with Gasteiger partial charge in [0.1, 0.15) is 0 Å². The van der Waals surface area contributed by atoms with Crippen LogP contribution in [0.1, 0.15) is 19.3 Å². The average Bonchev–Trinajstić information content (AvgIpc) is 2.93. The van der Waals surface area contributed by atoms with E-state index in [4.69, 9.17) is 16.3 Å². The fourth-order valence-electron chi connectivity index (χ4n) is 2.90. The number of aromatic nitrogens is 3. The van der Waals surface area contributed by atoms with Crippen LogP contribution in [0.15, 0.2) is 0 Å². The molecular weight excluding hydrogens is 254 g/mol. The molecular formula is C11H16ClN5O. The summed E-state index contributed by atoms with van der Waals surface area (Å²) >= 11 is 5.83. The summed E-state index contributed by atoms with van der Waals surface area (Å²) in [5.41, 5.74) is 0. The maximum Gasteiger partial charge on any atom is 0.322 e. The molecule has 3 heterocycles. The summed E-state index contributed by atoms with van der Waals surface area (Å²) in [4.78, 5) is 14.7. The van der Waals surface area contributed by atoms with Gasteiger partial charge in [-0.1, -0.05) is 0 Å². The van der Waals surface area contributed by atoms with Gasteiger partial charge in [0, 0.05) is 18.6 Å². The van der Waals surface area contributed by atoms with Crippen molar-refractivity contribution in [1.82, 2.24) is 19.9 Å². The molecule has 2 aliphatic rings. The van der Waals surface area contributed by atoms with Crippen LogP contribution in [0.2, 0.25) is 5.28 Å². The highest BCUT2D eigenvalue weighted by Gasteiger charge is 2.37. The zero-order valence-electron chi connectivity index (χ0n) is 10.3. The van der Waals surface area contributed by atoms with E-state index in [0.29, 0.717) is 18.0 Å². The second kappa shape index (κ2) is 4.85. The molecule has 1 aromatic heterocycles. The van der Waals surface area contributed by atoms with Crippen molar-refractivity contribution in [2.75, 3.05) is 25.5 Å². The lowest BCUT2D eigenvalue weighted by Crippen LogP contribution is -2.34. The lowest BCUT2D eigenvalue weighted by Gasteiger charge is -2.21. The number of hydrogen-bond acceptors (Lipinski definition) is 6. The first kappa shape index (κ1) is 11.9. The Morgan fingerprint density at radius 3 is 3.00 bits per heavy atom. The summed E-state index contributed by atoms with van der Waals surface area (Å²) in [7, 11) is 1.52. The van der Waals surface area contributed by atoms with Crippen LogP contribution in [-0.2, 0) is 0 Å². The van der Waals surface area contributed by atoms with Gasteiger partial charge in [-0.15, -0.1) is 0 Å². The van der Waals surface area contributed by atoms with Crippen molar-refractivity contribution in [3.63, 3.8) is 0 Å². The molecule has 0 spiro atoms. The van der Waals surface area contributed by atoms with Gasteiger partial charge in [0.25, 0.3) is 0 Å². The van der Waals surface area contributed by atoms with Gasteiger partial charge in [-0.3, -0.25) is 4.90 Å². The second-order valence-corrected chi connectivity index (χ2v) is 5.04. The van der Waals surface area contributed by atoms with E-state index in [9.17, 15) is 0 Å². The molecule has 0 saturated carbocycles. The predicted octanol–water partition coefficient (Wildman–Crippen LogP) is 1.18. The molecule has 0 radical (unpaired) electrons. The minimum absolute atomic E-state index is 0.158. The lowest BCUT2D eigenvalue weighted by atomic mass is 10.1. The maximum absolute atomic E-state index is 5.83. The molecule has 7 heteroatoms. The van der Waals surface area contributed by atoms with Crippen molar-refractivity contribution < 1.29 is 4.74 Å². The van der Waals surface area contributed by atoms with Gasteiger partial charge in [0.15, 0.2) is 0 Å². The monoisotopic (exact) mass is 269 g/mol. The molecule has 2 aliphatic heterocycles. The highest BCUT2D eigenvalue weighted by atomic mass is 35.5. The van der Waals surface area contributed by atoms with Crippen LogP contribution < -0.4 is 10.1 Å². The van der Waals surface area contributed by atoms with E-state index in [1.807, 2.05) is 0 Å². The average molecular weight is 270 g/mol. The van der Waals surface area contributed by atoms with Gasteiger partial charge < -0.3 is 10.1 Å². The molecule has 98 valence electrons. The van der Waals surface area contributed by atoms with Crippen LogP contribution in [0, 0.1) is 0 Å². The number of ether oxygens (including phenoxy) is 1. The molecule has 0 amide bonds. The van der Waals surface area contributed by atoms with E-state index >= 15 is 0 Å². The minimum Gasteiger partial charge on any atom is -0.467 e. The molecule has 1 N–H and O–H groups in total. The fraction of sp³-hybridized carbons (Fsp3) is 0.727. The number of nitrogens with zero attached hydrogens (tertiary/aromatic N) is 4. The van der Waals surface area contributed by atoms with E-state index in [0.717, 1.165) is 13.0 Å². The number of anilines is 1. The Morgan fingerprint density at radius 1 is 1.28 bits per heavy atom. The standard InChI is InChI=1S/C11H16ClN5O/c1-18-11-15-9(12)14-10(16-11)13-7-4-6-17-5-2-3-8(7)17/h7-8H,2-6H2,1H3,(H,13,14,15,16). The Labute approximate surface area is 111 Å². The predicted molar refractivity (Wildman–Crippen MR) is 68.0 cm³/mol. The first-order valence-electron chi connectivity index (χ1n) is 6.22. The van der Waals surface area contributed by atoms with Crippen molar-refractivity contribution >= 4 is 17.5 Å². The SMILES string of the molecule is COc1nc(Cl)nc(NC2CCN3CCCC23)n1. The summed E-state index contributed by atoms with van der Waals surface area (Å²) in [6, 6.07) is 1.25. The van der Waals surface area contributed by atoms with E-state index in [2.05, 4.69) is 25.2 Å². The van der Waals surface area contributed by atoms with E-state index < -0.39 is 0 Å². The fourth-order valence-corrected chi connectivity index (χ4v) is 3.06. The van der Waals surface area contributed by atoms with Crippen LogP contribution in [0.25, 0.3) is 0 Å². The third-order valence-corrected chi connectivity index (χ3v) is 3.86. The zero-order chi connectivity index (χ0) is 12.5. The van der Waals surface area contributed by atoms with Gasteiger partial charge in [0.05, 0.1) is 7.11 Å². The zero-order valence-corrected chi connectivity index (χ0v) is 11.0. The Kier molecular flexibility index (Phi) is 3.22. The highest BCUT2D eigenvalue weighted by molar-refractivity contribution is 6.28. The van der Waals surface area contributed by atoms with Crippen LogP contribution in [0.5, 0.6) is 6.01 Å². The number of rotatable bonds is 3. The van der Waals surface area contributed by atoms with Gasteiger partial charge in [0.2, 0.25) is 11.2 Å². The number of methoxy groups -OCH3 is 1. The molecule has 2 fully saturated rings. The van der Waals surface area contributed by atoms with Crippen molar-refractivity contribution in [3.05, 3.63) is 5.28 Å². The Balaban J connectivity index is 1.74. The maximum atomic E-state index is 5.83. The van der Waals surface area contributed by atoms with Gasteiger partial charge in [-0.25, -0.2) is 0 Å². The Bertz CT molecular complexity index is 443. The largest absolute Gasteiger partial charge is 0.467 e. The number of fused-ring (bicyclic) bond motifs is 1.